The molecule has 2 aromatic heterocycles. The van der Waals surface area contributed by atoms with Crippen LogP contribution in [0.4, 0.5) is 10.3 Å². The molecule has 0 spiro atoms. The van der Waals surface area contributed by atoms with Gasteiger partial charge in [-0.15, -0.1) is 0 Å². The second kappa shape index (κ2) is 6.52. The van der Waals surface area contributed by atoms with Gasteiger partial charge in [0.05, 0.1) is 16.9 Å². The zero-order valence-electron chi connectivity index (χ0n) is 13.2. The van der Waals surface area contributed by atoms with Crippen LogP contribution in [0.2, 0.25) is 10.2 Å². The first-order valence-corrected chi connectivity index (χ1v) is 8.42. The highest BCUT2D eigenvalue weighted by Gasteiger charge is 2.13. The van der Waals surface area contributed by atoms with E-state index in [9.17, 15) is 4.39 Å². The van der Waals surface area contributed by atoms with Crippen LogP contribution in [0, 0.1) is 5.82 Å². The summed E-state index contributed by atoms with van der Waals surface area (Å²) < 4.78 is 13.5. The fourth-order valence-corrected chi connectivity index (χ4v) is 3.04. The average Bonchev–Trinajstić information content (AvgIpc) is 2.61. The highest BCUT2D eigenvalue weighted by atomic mass is 35.5. The monoisotopic (exact) mass is 384 g/mol. The minimum absolute atomic E-state index is 0.0999. The summed E-state index contributed by atoms with van der Waals surface area (Å²) >= 11 is 12.3. The third-order valence-corrected chi connectivity index (χ3v) is 4.43. The van der Waals surface area contributed by atoms with Gasteiger partial charge in [0.1, 0.15) is 11.0 Å². The number of rotatable bonds is 2. The van der Waals surface area contributed by atoms with Crippen LogP contribution in [0.5, 0.6) is 0 Å². The number of nitrogens with zero attached hydrogens (tertiary/aromatic N) is 3. The number of hydrogen-bond donors (Lipinski definition) is 1. The van der Waals surface area contributed by atoms with Crippen molar-refractivity contribution >= 4 is 40.1 Å². The summed E-state index contributed by atoms with van der Waals surface area (Å²) in [4.78, 5) is 12.8. The maximum absolute atomic E-state index is 13.5. The molecule has 0 bridgehead atoms. The van der Waals surface area contributed by atoms with E-state index in [4.69, 9.17) is 28.9 Å². The molecular formula is C19H11Cl2FN4. The quantitative estimate of drug-likeness (QED) is 0.470. The van der Waals surface area contributed by atoms with E-state index in [1.165, 1.54) is 12.1 Å². The van der Waals surface area contributed by atoms with Crippen LogP contribution in [-0.4, -0.2) is 15.0 Å². The Morgan fingerprint density at radius 3 is 2.31 bits per heavy atom. The molecule has 7 heteroatoms. The predicted octanol–water partition coefficient (Wildman–Crippen LogP) is 5.39. The Balaban J connectivity index is 1.89. The number of pyridine rings is 1. The lowest BCUT2D eigenvalue weighted by Gasteiger charge is -2.09. The van der Waals surface area contributed by atoms with Gasteiger partial charge in [-0.3, -0.25) is 0 Å². The normalized spacial score (nSPS) is 11.0. The van der Waals surface area contributed by atoms with Crippen molar-refractivity contribution in [3.8, 4) is 22.5 Å². The Bertz CT molecular complexity index is 1130. The maximum atomic E-state index is 13.5. The third kappa shape index (κ3) is 3.19. The van der Waals surface area contributed by atoms with Gasteiger partial charge in [0.15, 0.2) is 0 Å². The molecule has 4 aromatic rings. The highest BCUT2D eigenvalue weighted by Crippen LogP contribution is 2.31. The Morgan fingerprint density at radius 1 is 0.808 bits per heavy atom. The summed E-state index contributed by atoms with van der Waals surface area (Å²) in [6, 6.07) is 15.0. The van der Waals surface area contributed by atoms with Gasteiger partial charge in [-0.1, -0.05) is 35.3 Å². The molecule has 0 aliphatic heterocycles. The smallest absolute Gasteiger partial charge is 0.221 e. The summed E-state index contributed by atoms with van der Waals surface area (Å²) in [7, 11) is 0. The summed E-state index contributed by atoms with van der Waals surface area (Å²) in [6.45, 7) is 0. The number of nitrogen functional groups attached to an aromatic ring is 1. The van der Waals surface area contributed by atoms with Crippen molar-refractivity contribution in [3.63, 3.8) is 0 Å². The van der Waals surface area contributed by atoms with E-state index >= 15 is 0 Å². The standard InChI is InChI=1S/C19H11Cl2FN4/c20-12-3-1-10(2-4-12)16-9-17(26-19(23)25-16)14-8-11-7-13(22)5-6-15(11)24-18(14)21/h1-9H,(H2,23,25,26). The van der Waals surface area contributed by atoms with Gasteiger partial charge < -0.3 is 5.73 Å². The SMILES string of the molecule is Nc1nc(-c2ccc(Cl)cc2)cc(-c2cc3cc(F)ccc3nc2Cl)n1. The molecule has 0 aliphatic carbocycles. The van der Waals surface area contributed by atoms with Crippen LogP contribution >= 0.6 is 23.2 Å². The van der Waals surface area contributed by atoms with Crippen LogP contribution in [0.1, 0.15) is 0 Å². The fraction of sp³-hybridized carbons (Fsp3) is 0. The molecule has 2 heterocycles. The second-order valence-corrected chi connectivity index (χ2v) is 6.46. The Kier molecular flexibility index (Phi) is 4.18. The molecule has 2 aromatic carbocycles. The molecule has 0 atom stereocenters. The number of fused-ring (bicyclic) bond motifs is 1. The van der Waals surface area contributed by atoms with Crippen molar-refractivity contribution in [3.05, 3.63) is 70.6 Å². The number of benzene rings is 2. The number of halogens is 3. The molecular weight excluding hydrogens is 374 g/mol. The third-order valence-electron chi connectivity index (χ3n) is 3.89. The van der Waals surface area contributed by atoms with Crippen LogP contribution in [0.15, 0.2) is 54.6 Å². The highest BCUT2D eigenvalue weighted by molar-refractivity contribution is 6.32. The maximum Gasteiger partial charge on any atom is 0.221 e. The van der Waals surface area contributed by atoms with Gasteiger partial charge in [0, 0.05) is 21.5 Å². The molecule has 0 radical (unpaired) electrons. The van der Waals surface area contributed by atoms with Crippen molar-refractivity contribution in [1.82, 2.24) is 15.0 Å². The van der Waals surface area contributed by atoms with Gasteiger partial charge in [-0.05, 0) is 42.5 Å². The minimum atomic E-state index is -0.350. The molecule has 2 N–H and O–H groups in total. The number of nitrogens with two attached hydrogens (primary N) is 1. The molecule has 0 saturated heterocycles. The van der Waals surface area contributed by atoms with Gasteiger partial charge in [0.2, 0.25) is 5.95 Å². The second-order valence-electron chi connectivity index (χ2n) is 5.67. The molecule has 0 amide bonds. The van der Waals surface area contributed by atoms with Crippen molar-refractivity contribution in [1.29, 1.82) is 0 Å². The Labute approximate surface area is 158 Å². The largest absolute Gasteiger partial charge is 0.368 e. The van der Waals surface area contributed by atoms with Crippen LogP contribution < -0.4 is 5.73 Å². The molecule has 128 valence electrons. The van der Waals surface area contributed by atoms with Crippen molar-refractivity contribution in [2.45, 2.75) is 0 Å². The van der Waals surface area contributed by atoms with Crippen LogP contribution in [0.25, 0.3) is 33.4 Å². The molecule has 0 saturated carbocycles. The predicted molar refractivity (Wildman–Crippen MR) is 103 cm³/mol. The van der Waals surface area contributed by atoms with Crippen molar-refractivity contribution in [2.24, 2.45) is 0 Å². The summed E-state index contributed by atoms with van der Waals surface area (Å²) in [5.74, 6) is -0.250. The van der Waals surface area contributed by atoms with Crippen molar-refractivity contribution in [2.75, 3.05) is 5.73 Å². The van der Waals surface area contributed by atoms with Gasteiger partial charge in [0.25, 0.3) is 0 Å². The number of hydrogen-bond acceptors (Lipinski definition) is 4. The zero-order chi connectivity index (χ0) is 18.3. The van der Waals surface area contributed by atoms with E-state index in [2.05, 4.69) is 15.0 Å². The van der Waals surface area contributed by atoms with E-state index < -0.39 is 0 Å². The average molecular weight is 385 g/mol. The first kappa shape index (κ1) is 16.7. The first-order chi connectivity index (χ1) is 12.5. The van der Waals surface area contributed by atoms with E-state index in [-0.39, 0.29) is 16.9 Å². The molecule has 4 rings (SSSR count). The molecule has 0 unspecified atom stereocenters. The van der Waals surface area contributed by atoms with Crippen LogP contribution in [-0.2, 0) is 0 Å². The number of anilines is 1. The summed E-state index contributed by atoms with van der Waals surface area (Å²) in [6.07, 6.45) is 0. The van der Waals surface area contributed by atoms with Gasteiger partial charge >= 0.3 is 0 Å². The Morgan fingerprint density at radius 2 is 1.54 bits per heavy atom. The van der Waals surface area contributed by atoms with E-state index in [0.29, 0.717) is 32.9 Å². The zero-order valence-corrected chi connectivity index (χ0v) is 14.8. The fourth-order valence-electron chi connectivity index (χ4n) is 2.68. The van der Waals surface area contributed by atoms with E-state index in [1.807, 2.05) is 12.1 Å². The first-order valence-electron chi connectivity index (χ1n) is 7.66. The van der Waals surface area contributed by atoms with Crippen LogP contribution in [0.3, 0.4) is 0 Å². The Hall–Kier alpha value is -2.76. The molecule has 4 nitrogen and oxygen atoms in total. The molecule has 0 fully saturated rings. The lowest BCUT2D eigenvalue weighted by atomic mass is 10.1. The molecule has 26 heavy (non-hydrogen) atoms. The molecule has 0 aliphatic rings. The van der Waals surface area contributed by atoms with E-state index in [1.54, 1.807) is 30.3 Å². The van der Waals surface area contributed by atoms with Crippen molar-refractivity contribution < 1.29 is 4.39 Å². The van der Waals surface area contributed by atoms with Gasteiger partial charge in [-0.2, -0.15) is 0 Å². The lowest BCUT2D eigenvalue weighted by Crippen LogP contribution is -1.99. The topological polar surface area (TPSA) is 64.7 Å². The summed E-state index contributed by atoms with van der Waals surface area (Å²) in [5, 5.41) is 1.50. The van der Waals surface area contributed by atoms with Gasteiger partial charge in [-0.25, -0.2) is 19.3 Å². The van der Waals surface area contributed by atoms with E-state index in [0.717, 1.165) is 5.56 Å². The number of aromatic nitrogens is 3. The summed E-state index contributed by atoms with van der Waals surface area (Å²) in [5.41, 5.74) is 8.99. The minimum Gasteiger partial charge on any atom is -0.368 e. The lowest BCUT2D eigenvalue weighted by molar-refractivity contribution is 0.629.